The molecule has 0 heterocycles. The maximum Gasteiger partial charge on any atom is 0.271 e. The van der Waals surface area contributed by atoms with Gasteiger partial charge in [-0.15, -0.1) is 0 Å². The molecule has 0 spiro atoms. The van der Waals surface area contributed by atoms with Crippen LogP contribution in [-0.2, 0) is 0 Å². The van der Waals surface area contributed by atoms with Crippen molar-refractivity contribution >= 4 is 46.4 Å². The van der Waals surface area contributed by atoms with E-state index in [1.54, 1.807) is 55.5 Å². The molecule has 7 heteroatoms. The summed E-state index contributed by atoms with van der Waals surface area (Å²) >= 11 is 12.0. The van der Waals surface area contributed by atoms with Gasteiger partial charge in [-0.05, 0) is 66.1 Å². The molecule has 4 rings (SSSR count). The van der Waals surface area contributed by atoms with Crippen molar-refractivity contribution in [3.05, 3.63) is 124 Å². The van der Waals surface area contributed by atoms with E-state index in [-0.39, 0.29) is 16.8 Å². The van der Waals surface area contributed by atoms with Gasteiger partial charge in [0.15, 0.2) is 0 Å². The first-order valence-electron chi connectivity index (χ1n) is 10.8. The van der Waals surface area contributed by atoms with Gasteiger partial charge in [0.05, 0.1) is 16.3 Å². The Balaban J connectivity index is 1.37. The highest BCUT2D eigenvalue weighted by Crippen LogP contribution is 2.22. The summed E-state index contributed by atoms with van der Waals surface area (Å²) in [7, 11) is 0. The summed E-state index contributed by atoms with van der Waals surface area (Å²) in [4.78, 5) is 25.0. The third kappa shape index (κ3) is 6.15. The van der Waals surface area contributed by atoms with Gasteiger partial charge in [0.25, 0.3) is 11.8 Å². The molecule has 0 saturated carbocycles. The summed E-state index contributed by atoms with van der Waals surface area (Å²) < 4.78 is 0. The molecule has 0 aliphatic carbocycles. The highest BCUT2D eigenvalue weighted by molar-refractivity contribution is 6.37. The van der Waals surface area contributed by atoms with E-state index < -0.39 is 0 Å². The van der Waals surface area contributed by atoms with E-state index in [1.165, 1.54) is 6.07 Å². The summed E-state index contributed by atoms with van der Waals surface area (Å²) in [6.45, 7) is 1.79. The van der Waals surface area contributed by atoms with Crippen molar-refractivity contribution in [1.29, 1.82) is 0 Å². The molecule has 0 fully saturated rings. The van der Waals surface area contributed by atoms with Crippen LogP contribution >= 0.6 is 23.2 Å². The fourth-order valence-corrected chi connectivity index (χ4v) is 3.87. The lowest BCUT2D eigenvalue weighted by atomic mass is 10.0. The minimum Gasteiger partial charge on any atom is -0.322 e. The van der Waals surface area contributed by atoms with E-state index in [4.69, 9.17) is 23.2 Å². The first-order chi connectivity index (χ1) is 16.9. The van der Waals surface area contributed by atoms with Crippen LogP contribution in [0, 0.1) is 0 Å². The summed E-state index contributed by atoms with van der Waals surface area (Å²) in [5.74, 6) is -0.636. The molecule has 0 aliphatic heterocycles. The summed E-state index contributed by atoms with van der Waals surface area (Å²) in [6.07, 6.45) is 0. The fourth-order valence-electron chi connectivity index (χ4n) is 3.38. The number of rotatable bonds is 6. The van der Waals surface area contributed by atoms with Crippen LogP contribution in [0.5, 0.6) is 0 Å². The molecule has 2 amide bonds. The number of hydrogen-bond acceptors (Lipinski definition) is 3. The predicted molar refractivity (Wildman–Crippen MR) is 142 cm³/mol. The van der Waals surface area contributed by atoms with E-state index >= 15 is 0 Å². The normalized spacial score (nSPS) is 11.1. The van der Waals surface area contributed by atoms with Crippen LogP contribution in [0.4, 0.5) is 5.69 Å². The minimum atomic E-state index is -0.338. The van der Waals surface area contributed by atoms with Crippen LogP contribution in [0.15, 0.2) is 102 Å². The quantitative estimate of drug-likeness (QED) is 0.219. The molecule has 35 heavy (non-hydrogen) atoms. The Morgan fingerprint density at radius 2 is 1.34 bits per heavy atom. The van der Waals surface area contributed by atoms with E-state index in [0.717, 1.165) is 16.7 Å². The van der Waals surface area contributed by atoms with Gasteiger partial charge in [0.1, 0.15) is 0 Å². The number of hydrazone groups is 1. The lowest BCUT2D eigenvalue weighted by molar-refractivity contribution is 0.0954. The van der Waals surface area contributed by atoms with Crippen molar-refractivity contribution in [3.8, 4) is 11.1 Å². The molecule has 0 saturated heterocycles. The Morgan fingerprint density at radius 1 is 0.714 bits per heavy atom. The monoisotopic (exact) mass is 501 g/mol. The summed E-state index contributed by atoms with van der Waals surface area (Å²) in [5.41, 5.74) is 7.57. The molecule has 2 N–H and O–H groups in total. The first-order valence-corrected chi connectivity index (χ1v) is 11.5. The number of nitrogens with one attached hydrogen (secondary N) is 2. The molecule has 0 bridgehead atoms. The number of anilines is 1. The van der Waals surface area contributed by atoms with Gasteiger partial charge in [0, 0.05) is 16.3 Å². The number of halogens is 2. The summed E-state index contributed by atoms with van der Waals surface area (Å²) in [6, 6.07) is 29.1. The van der Waals surface area contributed by atoms with E-state index in [2.05, 4.69) is 15.8 Å². The molecule has 4 aromatic rings. The van der Waals surface area contributed by atoms with Crippen molar-refractivity contribution in [1.82, 2.24) is 5.43 Å². The topological polar surface area (TPSA) is 70.6 Å². The molecule has 0 unspecified atom stereocenters. The first kappa shape index (κ1) is 24.2. The zero-order valence-electron chi connectivity index (χ0n) is 18.8. The Hall–Kier alpha value is -3.93. The second-order valence-electron chi connectivity index (χ2n) is 7.74. The molecule has 4 aromatic carbocycles. The van der Waals surface area contributed by atoms with Crippen molar-refractivity contribution in [2.75, 3.05) is 5.32 Å². The van der Waals surface area contributed by atoms with Crippen LogP contribution in [-0.4, -0.2) is 17.5 Å². The summed E-state index contributed by atoms with van der Waals surface area (Å²) in [5, 5.41) is 7.74. The zero-order chi connectivity index (χ0) is 24.8. The molecule has 0 radical (unpaired) electrons. The molecule has 0 atom stereocenters. The van der Waals surface area contributed by atoms with E-state index in [1.807, 2.05) is 42.5 Å². The highest BCUT2D eigenvalue weighted by Gasteiger charge is 2.11. The number of benzene rings is 4. The zero-order valence-corrected chi connectivity index (χ0v) is 20.3. The largest absolute Gasteiger partial charge is 0.322 e. The minimum absolute atomic E-state index is 0.278. The lowest BCUT2D eigenvalue weighted by Crippen LogP contribution is -2.19. The van der Waals surface area contributed by atoms with Crippen molar-refractivity contribution in [3.63, 3.8) is 0 Å². The maximum atomic E-state index is 12.5. The van der Waals surface area contributed by atoms with Gasteiger partial charge < -0.3 is 5.32 Å². The van der Waals surface area contributed by atoms with Gasteiger partial charge in [-0.3, -0.25) is 9.59 Å². The molecule has 0 aliphatic rings. The van der Waals surface area contributed by atoms with Crippen LogP contribution < -0.4 is 10.7 Å². The maximum absolute atomic E-state index is 12.5. The van der Waals surface area contributed by atoms with Gasteiger partial charge in [-0.25, -0.2) is 5.43 Å². The SMILES string of the molecule is C/C(=N/NC(=O)c1ccc(-c2ccccc2)cc1)c1ccc(NC(=O)c2ccc(Cl)cc2Cl)cc1. The average molecular weight is 502 g/mol. The van der Waals surface area contributed by atoms with Gasteiger partial charge in [-0.1, -0.05) is 77.8 Å². The average Bonchev–Trinajstić information content (AvgIpc) is 2.88. The fraction of sp³-hybridized carbons (Fsp3) is 0.0357. The van der Waals surface area contributed by atoms with Gasteiger partial charge >= 0.3 is 0 Å². The second kappa shape index (κ2) is 11.0. The third-order valence-corrected chi connectivity index (χ3v) is 5.86. The second-order valence-corrected chi connectivity index (χ2v) is 8.58. The Bertz CT molecular complexity index is 1380. The van der Waals surface area contributed by atoms with Crippen molar-refractivity contribution in [2.24, 2.45) is 5.10 Å². The number of nitrogens with zero attached hydrogens (tertiary/aromatic N) is 1. The van der Waals surface area contributed by atoms with E-state index in [0.29, 0.717) is 27.5 Å². The Morgan fingerprint density at radius 3 is 2.00 bits per heavy atom. The number of amides is 2. The van der Waals surface area contributed by atoms with Gasteiger partial charge in [0.2, 0.25) is 0 Å². The Labute approximate surface area is 213 Å². The number of carbonyl (C=O) groups excluding carboxylic acids is 2. The van der Waals surface area contributed by atoms with E-state index in [9.17, 15) is 9.59 Å². The third-order valence-electron chi connectivity index (χ3n) is 5.32. The van der Waals surface area contributed by atoms with Crippen LogP contribution in [0.3, 0.4) is 0 Å². The smallest absolute Gasteiger partial charge is 0.271 e. The number of carbonyl (C=O) groups is 2. The molecule has 5 nitrogen and oxygen atoms in total. The predicted octanol–water partition coefficient (Wildman–Crippen LogP) is 7.07. The van der Waals surface area contributed by atoms with Crippen LogP contribution in [0.2, 0.25) is 10.0 Å². The van der Waals surface area contributed by atoms with Gasteiger partial charge in [-0.2, -0.15) is 5.10 Å². The van der Waals surface area contributed by atoms with Crippen molar-refractivity contribution in [2.45, 2.75) is 6.92 Å². The lowest BCUT2D eigenvalue weighted by Gasteiger charge is -2.08. The van der Waals surface area contributed by atoms with Crippen molar-refractivity contribution < 1.29 is 9.59 Å². The molecule has 174 valence electrons. The molecular weight excluding hydrogens is 481 g/mol. The van der Waals surface area contributed by atoms with Crippen LogP contribution in [0.25, 0.3) is 11.1 Å². The Kier molecular flexibility index (Phi) is 7.60. The van der Waals surface area contributed by atoms with Crippen LogP contribution in [0.1, 0.15) is 33.2 Å². The molecule has 0 aromatic heterocycles. The standard InChI is InChI=1S/C28H21Cl2N3O2/c1-18(32-33-27(34)22-9-7-21(8-10-22)20-5-3-2-4-6-20)19-11-14-24(15-12-19)31-28(35)25-16-13-23(29)17-26(25)30/h2-17H,1H3,(H,31,35)(H,33,34)/b32-18-. The number of hydrogen-bond donors (Lipinski definition) is 2. The molecular formula is C28H21Cl2N3O2. The highest BCUT2D eigenvalue weighted by atomic mass is 35.5.